The molecule has 3 aromatic carbocycles. The SMILES string of the molecule is CCN(Cc1ccc(N(C)C)cc1)C(=O)c1cccc(CN2C(=O)c3ccccc3C2=O)c1. The van der Waals surface area contributed by atoms with E-state index in [0.717, 1.165) is 16.8 Å². The summed E-state index contributed by atoms with van der Waals surface area (Å²) in [5.41, 5.74) is 4.28. The zero-order valence-corrected chi connectivity index (χ0v) is 19.1. The molecule has 1 heterocycles. The first kappa shape index (κ1) is 22.3. The smallest absolute Gasteiger partial charge is 0.261 e. The summed E-state index contributed by atoms with van der Waals surface area (Å²) in [5, 5.41) is 0. The monoisotopic (exact) mass is 441 g/mol. The Balaban J connectivity index is 1.49. The van der Waals surface area contributed by atoms with Gasteiger partial charge in [0.2, 0.25) is 0 Å². The normalized spacial score (nSPS) is 12.6. The van der Waals surface area contributed by atoms with E-state index in [1.54, 1.807) is 47.4 Å². The Morgan fingerprint density at radius 1 is 0.818 bits per heavy atom. The van der Waals surface area contributed by atoms with Crippen LogP contribution in [0.3, 0.4) is 0 Å². The van der Waals surface area contributed by atoms with Crippen LogP contribution >= 0.6 is 0 Å². The van der Waals surface area contributed by atoms with Crippen molar-refractivity contribution in [1.29, 1.82) is 0 Å². The van der Waals surface area contributed by atoms with E-state index in [1.807, 2.05) is 56.3 Å². The third-order valence-electron chi connectivity index (χ3n) is 5.89. The van der Waals surface area contributed by atoms with Gasteiger partial charge in [0.15, 0.2) is 0 Å². The van der Waals surface area contributed by atoms with E-state index in [2.05, 4.69) is 0 Å². The zero-order chi connectivity index (χ0) is 23.5. The molecule has 3 aromatic rings. The fourth-order valence-electron chi connectivity index (χ4n) is 4.00. The molecule has 33 heavy (non-hydrogen) atoms. The van der Waals surface area contributed by atoms with Crippen molar-refractivity contribution in [2.45, 2.75) is 20.0 Å². The lowest BCUT2D eigenvalue weighted by molar-refractivity contribution is 0.0642. The highest BCUT2D eigenvalue weighted by Crippen LogP contribution is 2.24. The minimum atomic E-state index is -0.302. The van der Waals surface area contributed by atoms with Gasteiger partial charge in [-0.1, -0.05) is 36.4 Å². The summed E-state index contributed by atoms with van der Waals surface area (Å²) in [6.07, 6.45) is 0. The van der Waals surface area contributed by atoms with Crippen molar-refractivity contribution in [2.24, 2.45) is 0 Å². The van der Waals surface area contributed by atoms with Crippen LogP contribution in [0.1, 0.15) is 49.1 Å². The Morgan fingerprint density at radius 2 is 1.45 bits per heavy atom. The molecule has 1 aliphatic heterocycles. The number of carbonyl (C=O) groups excluding carboxylic acids is 3. The molecule has 168 valence electrons. The van der Waals surface area contributed by atoms with E-state index in [0.29, 0.717) is 29.8 Å². The highest BCUT2D eigenvalue weighted by Gasteiger charge is 2.35. The fraction of sp³-hybridized carbons (Fsp3) is 0.222. The van der Waals surface area contributed by atoms with E-state index in [9.17, 15) is 14.4 Å². The molecule has 0 aliphatic carbocycles. The number of benzene rings is 3. The van der Waals surface area contributed by atoms with Gasteiger partial charge in [0, 0.05) is 38.4 Å². The van der Waals surface area contributed by atoms with Crippen molar-refractivity contribution in [3.8, 4) is 0 Å². The number of hydrogen-bond donors (Lipinski definition) is 0. The van der Waals surface area contributed by atoms with Gasteiger partial charge in [0.05, 0.1) is 17.7 Å². The van der Waals surface area contributed by atoms with Crippen LogP contribution < -0.4 is 4.90 Å². The van der Waals surface area contributed by atoms with Gasteiger partial charge in [-0.3, -0.25) is 19.3 Å². The first-order chi connectivity index (χ1) is 15.9. The lowest BCUT2D eigenvalue weighted by Crippen LogP contribution is -2.31. The quantitative estimate of drug-likeness (QED) is 0.516. The number of nitrogens with zero attached hydrogens (tertiary/aromatic N) is 3. The third kappa shape index (κ3) is 4.51. The Bertz CT molecular complexity index is 1170. The maximum absolute atomic E-state index is 13.2. The Labute approximate surface area is 194 Å². The Kier molecular flexibility index (Phi) is 6.27. The molecule has 0 unspecified atom stereocenters. The highest BCUT2D eigenvalue weighted by atomic mass is 16.2. The van der Waals surface area contributed by atoms with Gasteiger partial charge in [-0.25, -0.2) is 0 Å². The largest absolute Gasteiger partial charge is 0.378 e. The van der Waals surface area contributed by atoms with Crippen LogP contribution in [-0.4, -0.2) is 48.2 Å². The lowest BCUT2D eigenvalue weighted by atomic mass is 10.1. The van der Waals surface area contributed by atoms with Gasteiger partial charge in [0.25, 0.3) is 17.7 Å². The van der Waals surface area contributed by atoms with Crippen molar-refractivity contribution in [1.82, 2.24) is 9.80 Å². The number of rotatable bonds is 7. The second kappa shape index (κ2) is 9.28. The maximum Gasteiger partial charge on any atom is 0.261 e. The predicted octanol–water partition coefficient (Wildman–Crippen LogP) is 4.21. The number of hydrogen-bond acceptors (Lipinski definition) is 4. The summed E-state index contributed by atoms with van der Waals surface area (Å²) in [7, 11) is 3.98. The molecule has 0 N–H and O–H groups in total. The number of imide groups is 1. The first-order valence-electron chi connectivity index (χ1n) is 11.0. The fourth-order valence-corrected chi connectivity index (χ4v) is 4.00. The van der Waals surface area contributed by atoms with Crippen molar-refractivity contribution in [3.05, 3.63) is 101 Å². The molecule has 0 saturated heterocycles. The summed E-state index contributed by atoms with van der Waals surface area (Å²) in [4.78, 5) is 43.6. The van der Waals surface area contributed by atoms with Gasteiger partial charge < -0.3 is 9.80 Å². The van der Waals surface area contributed by atoms with Crippen LogP contribution in [0.4, 0.5) is 5.69 Å². The van der Waals surface area contributed by atoms with Crippen molar-refractivity contribution in [3.63, 3.8) is 0 Å². The molecule has 0 radical (unpaired) electrons. The molecule has 0 saturated carbocycles. The molecule has 3 amide bonds. The van der Waals surface area contributed by atoms with Crippen molar-refractivity contribution >= 4 is 23.4 Å². The third-order valence-corrected chi connectivity index (χ3v) is 5.89. The number of fused-ring (bicyclic) bond motifs is 1. The van der Waals surface area contributed by atoms with E-state index in [-0.39, 0.29) is 24.3 Å². The molecular weight excluding hydrogens is 414 g/mol. The van der Waals surface area contributed by atoms with E-state index < -0.39 is 0 Å². The molecule has 0 fully saturated rings. The maximum atomic E-state index is 13.2. The molecule has 0 aromatic heterocycles. The summed E-state index contributed by atoms with van der Waals surface area (Å²) >= 11 is 0. The van der Waals surface area contributed by atoms with Gasteiger partial charge in [-0.05, 0) is 54.4 Å². The van der Waals surface area contributed by atoms with Gasteiger partial charge in [0.1, 0.15) is 0 Å². The predicted molar refractivity (Wildman–Crippen MR) is 128 cm³/mol. The molecule has 6 heteroatoms. The molecule has 0 atom stereocenters. The van der Waals surface area contributed by atoms with Crippen LogP contribution in [0, 0.1) is 0 Å². The van der Waals surface area contributed by atoms with Gasteiger partial charge in [-0.2, -0.15) is 0 Å². The van der Waals surface area contributed by atoms with Crippen molar-refractivity contribution in [2.75, 3.05) is 25.5 Å². The number of anilines is 1. The van der Waals surface area contributed by atoms with Gasteiger partial charge >= 0.3 is 0 Å². The molecular formula is C27H27N3O3. The molecule has 6 nitrogen and oxygen atoms in total. The van der Waals surface area contributed by atoms with Gasteiger partial charge in [-0.15, -0.1) is 0 Å². The van der Waals surface area contributed by atoms with Crippen LogP contribution in [0.2, 0.25) is 0 Å². The minimum absolute atomic E-state index is 0.0848. The standard InChI is InChI=1S/C27H27N3O3/c1-4-29(17-19-12-14-22(15-13-19)28(2)3)25(31)21-9-7-8-20(16-21)18-30-26(32)23-10-5-6-11-24(23)27(30)33/h5-16H,4,17-18H2,1-3H3. The number of carbonyl (C=O) groups is 3. The summed E-state index contributed by atoms with van der Waals surface area (Å²) in [6, 6.07) is 22.1. The minimum Gasteiger partial charge on any atom is -0.378 e. The molecule has 0 spiro atoms. The molecule has 1 aliphatic rings. The average molecular weight is 442 g/mol. The first-order valence-corrected chi connectivity index (χ1v) is 11.0. The topological polar surface area (TPSA) is 60.9 Å². The molecule has 4 rings (SSSR count). The summed E-state index contributed by atoms with van der Waals surface area (Å²) in [5.74, 6) is -0.689. The summed E-state index contributed by atoms with van der Waals surface area (Å²) in [6.45, 7) is 3.16. The van der Waals surface area contributed by atoms with E-state index >= 15 is 0 Å². The van der Waals surface area contributed by atoms with Crippen LogP contribution in [0.15, 0.2) is 72.8 Å². The highest BCUT2D eigenvalue weighted by molar-refractivity contribution is 6.21. The van der Waals surface area contributed by atoms with Crippen molar-refractivity contribution < 1.29 is 14.4 Å². The van der Waals surface area contributed by atoms with E-state index in [4.69, 9.17) is 0 Å². The van der Waals surface area contributed by atoms with Crippen LogP contribution in [0.25, 0.3) is 0 Å². The second-order valence-corrected chi connectivity index (χ2v) is 8.32. The van der Waals surface area contributed by atoms with Crippen LogP contribution in [0.5, 0.6) is 0 Å². The number of amides is 3. The average Bonchev–Trinajstić information content (AvgIpc) is 3.07. The second-order valence-electron chi connectivity index (χ2n) is 8.32. The Morgan fingerprint density at radius 3 is 2.03 bits per heavy atom. The van der Waals surface area contributed by atoms with E-state index in [1.165, 1.54) is 4.90 Å². The molecule has 0 bridgehead atoms. The lowest BCUT2D eigenvalue weighted by Gasteiger charge is -2.22. The zero-order valence-electron chi connectivity index (χ0n) is 19.1. The van der Waals surface area contributed by atoms with Crippen LogP contribution in [-0.2, 0) is 13.1 Å². The summed E-state index contributed by atoms with van der Waals surface area (Å²) < 4.78 is 0. The Hall–Kier alpha value is -3.93.